The summed E-state index contributed by atoms with van der Waals surface area (Å²) in [4.78, 5) is 0. The van der Waals surface area contributed by atoms with Gasteiger partial charge in [0.2, 0.25) is 10.0 Å². The number of nitrogens with one attached hydrogen (secondary N) is 1. The molecule has 3 rings (SSSR count). The van der Waals surface area contributed by atoms with E-state index in [-0.39, 0.29) is 5.25 Å². The Balaban J connectivity index is 1.81. The van der Waals surface area contributed by atoms with Gasteiger partial charge in [-0.1, -0.05) is 0 Å². The molecule has 1 unspecified atom stereocenters. The van der Waals surface area contributed by atoms with Gasteiger partial charge in [-0.3, -0.25) is 5.10 Å². The number of aryl methyl sites for hydroxylation is 1. The molecule has 0 aromatic carbocycles. The highest BCUT2D eigenvalue weighted by molar-refractivity contribution is 7.89. The minimum atomic E-state index is -3.26. The van der Waals surface area contributed by atoms with Gasteiger partial charge in [0.05, 0.1) is 18.1 Å². The van der Waals surface area contributed by atoms with Crippen molar-refractivity contribution in [2.75, 3.05) is 19.8 Å². The van der Waals surface area contributed by atoms with E-state index in [1.807, 2.05) is 0 Å². The predicted octanol–water partition coefficient (Wildman–Crippen LogP) is 0.667. The third-order valence-corrected chi connectivity index (χ3v) is 6.13. The van der Waals surface area contributed by atoms with Crippen molar-refractivity contribution in [1.82, 2.24) is 14.5 Å². The monoisotopic (exact) mass is 285 g/mol. The first-order chi connectivity index (χ1) is 9.18. The molecule has 1 N–H and O–H groups in total. The quantitative estimate of drug-likeness (QED) is 0.866. The van der Waals surface area contributed by atoms with Gasteiger partial charge in [0.25, 0.3) is 0 Å². The summed E-state index contributed by atoms with van der Waals surface area (Å²) in [6.45, 7) is 2.03. The van der Waals surface area contributed by atoms with E-state index in [2.05, 4.69) is 10.2 Å². The minimum Gasteiger partial charge on any atom is -0.380 e. The molecule has 0 bridgehead atoms. The van der Waals surface area contributed by atoms with E-state index in [4.69, 9.17) is 4.74 Å². The molecule has 0 amide bonds. The van der Waals surface area contributed by atoms with Gasteiger partial charge in [0, 0.05) is 31.0 Å². The molecule has 1 fully saturated rings. The van der Waals surface area contributed by atoms with Crippen LogP contribution in [0.3, 0.4) is 0 Å². The van der Waals surface area contributed by atoms with E-state index in [1.165, 1.54) is 0 Å². The summed E-state index contributed by atoms with van der Waals surface area (Å²) < 4.78 is 32.2. The largest absolute Gasteiger partial charge is 0.380 e. The fourth-order valence-corrected chi connectivity index (χ4v) is 4.62. The van der Waals surface area contributed by atoms with Gasteiger partial charge in [-0.2, -0.15) is 9.40 Å². The second-order valence-corrected chi connectivity index (χ2v) is 7.41. The number of fused-ring (bicyclic) bond motifs is 1. The van der Waals surface area contributed by atoms with Gasteiger partial charge >= 0.3 is 0 Å². The van der Waals surface area contributed by atoms with Crippen LogP contribution in [0, 0.1) is 0 Å². The summed E-state index contributed by atoms with van der Waals surface area (Å²) in [7, 11) is -3.26. The van der Waals surface area contributed by atoms with E-state index < -0.39 is 10.0 Å². The zero-order valence-electron chi connectivity index (χ0n) is 10.8. The predicted molar refractivity (Wildman–Crippen MR) is 70.1 cm³/mol. The number of aromatic amines is 1. The van der Waals surface area contributed by atoms with Crippen LogP contribution in [0.2, 0.25) is 0 Å². The molecule has 6 nitrogen and oxygen atoms in total. The lowest BCUT2D eigenvalue weighted by Gasteiger charge is -2.28. The Morgan fingerprint density at radius 3 is 3.11 bits per heavy atom. The number of hydrogen-bond acceptors (Lipinski definition) is 4. The van der Waals surface area contributed by atoms with Crippen molar-refractivity contribution in [3.8, 4) is 0 Å². The molecule has 2 aliphatic heterocycles. The molecule has 3 heterocycles. The summed E-state index contributed by atoms with van der Waals surface area (Å²) in [5, 5.41) is 6.58. The van der Waals surface area contributed by atoms with Crippen molar-refractivity contribution in [2.45, 2.75) is 37.5 Å². The van der Waals surface area contributed by atoms with Crippen molar-refractivity contribution < 1.29 is 13.2 Å². The molecule has 106 valence electrons. The first-order valence-electron chi connectivity index (χ1n) is 6.76. The van der Waals surface area contributed by atoms with Crippen LogP contribution in [0.15, 0.2) is 6.20 Å². The lowest BCUT2D eigenvalue weighted by molar-refractivity contribution is 0.0973. The van der Waals surface area contributed by atoms with E-state index in [1.54, 1.807) is 10.5 Å². The molecule has 19 heavy (non-hydrogen) atoms. The van der Waals surface area contributed by atoms with E-state index in [0.29, 0.717) is 32.7 Å². The summed E-state index contributed by atoms with van der Waals surface area (Å²) in [5.74, 6) is 0. The lowest BCUT2D eigenvalue weighted by Crippen LogP contribution is -2.42. The average Bonchev–Trinajstić information content (AvgIpc) is 2.76. The van der Waals surface area contributed by atoms with Crippen molar-refractivity contribution >= 4 is 10.0 Å². The number of aromatic nitrogens is 2. The van der Waals surface area contributed by atoms with Crippen LogP contribution < -0.4 is 0 Å². The Hall–Kier alpha value is -0.920. The molecule has 0 spiro atoms. The molecule has 0 saturated carbocycles. The zero-order chi connectivity index (χ0) is 13.3. The Labute approximate surface area is 113 Å². The topological polar surface area (TPSA) is 75.3 Å². The van der Waals surface area contributed by atoms with Crippen LogP contribution in [-0.4, -0.2) is 47.9 Å². The Morgan fingerprint density at radius 2 is 2.32 bits per heavy atom. The molecule has 7 heteroatoms. The van der Waals surface area contributed by atoms with Gasteiger partial charge < -0.3 is 4.74 Å². The first-order valence-corrected chi connectivity index (χ1v) is 8.26. The van der Waals surface area contributed by atoms with Gasteiger partial charge in [0.1, 0.15) is 0 Å². The maximum absolute atomic E-state index is 12.6. The second-order valence-electron chi connectivity index (χ2n) is 5.19. The Kier molecular flexibility index (Phi) is 3.60. The van der Waals surface area contributed by atoms with Gasteiger partial charge in [-0.15, -0.1) is 0 Å². The first kappa shape index (κ1) is 13.1. The molecule has 0 aliphatic carbocycles. The lowest BCUT2D eigenvalue weighted by atomic mass is 10.2. The molecular weight excluding hydrogens is 266 g/mol. The number of sulfonamides is 1. The molecular formula is C12H19N3O3S. The number of nitrogens with zero attached hydrogens (tertiary/aromatic N) is 2. The van der Waals surface area contributed by atoms with Crippen molar-refractivity contribution in [2.24, 2.45) is 0 Å². The average molecular weight is 285 g/mol. The van der Waals surface area contributed by atoms with Crippen LogP contribution in [0.4, 0.5) is 0 Å². The zero-order valence-corrected chi connectivity index (χ0v) is 11.7. The molecule has 1 atom stereocenters. The highest BCUT2D eigenvalue weighted by atomic mass is 32.2. The van der Waals surface area contributed by atoms with Gasteiger partial charge in [0.15, 0.2) is 0 Å². The number of hydrogen-bond donors (Lipinski definition) is 1. The van der Waals surface area contributed by atoms with E-state index >= 15 is 0 Å². The fraction of sp³-hybridized carbons (Fsp3) is 0.750. The number of H-pyrrole nitrogens is 1. The summed E-state index contributed by atoms with van der Waals surface area (Å²) >= 11 is 0. The standard InChI is InChI=1S/C12H19N3O3S/c16-19(17,11-3-2-6-18-9-11)15-5-1-4-12-10(8-15)7-13-14-12/h7,11H,1-6,8-9H2,(H,13,14). The van der Waals surface area contributed by atoms with Crippen LogP contribution in [0.1, 0.15) is 30.5 Å². The third kappa shape index (κ3) is 2.54. The fourth-order valence-electron chi connectivity index (χ4n) is 2.77. The van der Waals surface area contributed by atoms with Crippen LogP contribution >= 0.6 is 0 Å². The second kappa shape index (κ2) is 5.22. The van der Waals surface area contributed by atoms with Crippen LogP contribution in [0.25, 0.3) is 0 Å². The molecule has 1 saturated heterocycles. The van der Waals surface area contributed by atoms with E-state index in [9.17, 15) is 8.42 Å². The maximum atomic E-state index is 12.6. The molecule has 1 aromatic heterocycles. The third-order valence-electron chi connectivity index (χ3n) is 3.89. The summed E-state index contributed by atoms with van der Waals surface area (Å²) in [6, 6.07) is 0. The Bertz CT molecular complexity index is 534. The molecule has 1 aromatic rings. The molecule has 0 radical (unpaired) electrons. The van der Waals surface area contributed by atoms with Crippen molar-refractivity contribution in [1.29, 1.82) is 0 Å². The highest BCUT2D eigenvalue weighted by Crippen LogP contribution is 2.24. The number of ether oxygens (including phenoxy) is 1. The maximum Gasteiger partial charge on any atom is 0.219 e. The Morgan fingerprint density at radius 1 is 1.42 bits per heavy atom. The molecule has 2 aliphatic rings. The normalized spacial score (nSPS) is 25.8. The van der Waals surface area contributed by atoms with Crippen LogP contribution in [-0.2, 0) is 27.7 Å². The smallest absolute Gasteiger partial charge is 0.219 e. The summed E-state index contributed by atoms with van der Waals surface area (Å²) in [6.07, 6.45) is 4.97. The number of rotatable bonds is 2. The minimum absolute atomic E-state index is 0.330. The van der Waals surface area contributed by atoms with Crippen LogP contribution in [0.5, 0.6) is 0 Å². The SMILES string of the molecule is O=S(=O)(C1CCCOC1)N1CCCc2[nH]ncc2C1. The van der Waals surface area contributed by atoms with Crippen molar-refractivity contribution in [3.05, 3.63) is 17.5 Å². The van der Waals surface area contributed by atoms with Gasteiger partial charge in [-0.05, 0) is 25.7 Å². The van der Waals surface area contributed by atoms with E-state index in [0.717, 1.165) is 30.5 Å². The summed E-state index contributed by atoms with van der Waals surface area (Å²) in [5.41, 5.74) is 2.07. The van der Waals surface area contributed by atoms with Gasteiger partial charge in [-0.25, -0.2) is 8.42 Å². The van der Waals surface area contributed by atoms with Crippen molar-refractivity contribution in [3.63, 3.8) is 0 Å². The highest BCUT2D eigenvalue weighted by Gasteiger charge is 2.34.